The van der Waals surface area contributed by atoms with Gasteiger partial charge in [0, 0.05) is 13.5 Å². The number of carboxylic acid groups (broad SMARTS) is 1. The molecule has 194 valence electrons. The topological polar surface area (TPSA) is 118 Å². The van der Waals surface area contributed by atoms with E-state index in [4.69, 9.17) is 5.11 Å². The van der Waals surface area contributed by atoms with Crippen molar-refractivity contribution in [3.05, 3.63) is 0 Å². The summed E-state index contributed by atoms with van der Waals surface area (Å²) in [6.45, 7) is 6.44. The number of amides is 1. The second-order valence-corrected chi connectivity index (χ2v) is 12.7. The first-order valence-corrected chi connectivity index (χ1v) is 13.4. The van der Waals surface area contributed by atoms with Crippen LogP contribution in [0.1, 0.15) is 78.6 Å². The molecule has 1 unspecified atom stereocenters. The standard InChI is InChI=1S/C27H45NO6/c1-15(5-8-23(32)28(4)14-24(33)34)18-6-7-19-25-20(13-22(31)27(18,19)3)26(2)10-9-17(29)11-16(26)12-21(25)30/h15-22,25,29-31H,5-14H2,1-4H3,(H,33,34)/t15-,16+,17-,18-,19+,20+,21-,22+,25+,26?,27-/m1/s1. The van der Waals surface area contributed by atoms with Gasteiger partial charge in [-0.1, -0.05) is 20.8 Å². The molecule has 1 amide bonds. The van der Waals surface area contributed by atoms with Gasteiger partial charge in [-0.2, -0.15) is 0 Å². The number of hydrogen-bond donors (Lipinski definition) is 4. The highest BCUT2D eigenvalue weighted by atomic mass is 16.4. The Hall–Kier alpha value is -1.18. The molecule has 11 atom stereocenters. The lowest BCUT2D eigenvalue weighted by molar-refractivity contribution is -0.207. The number of hydrogen-bond acceptors (Lipinski definition) is 5. The first-order chi connectivity index (χ1) is 15.9. The molecule has 34 heavy (non-hydrogen) atoms. The zero-order chi connectivity index (χ0) is 25.0. The predicted molar refractivity (Wildman–Crippen MR) is 128 cm³/mol. The number of rotatable bonds is 6. The summed E-state index contributed by atoms with van der Waals surface area (Å²) in [5, 5.41) is 42.2. The van der Waals surface area contributed by atoms with Gasteiger partial charge in [-0.05, 0) is 97.7 Å². The average Bonchev–Trinajstić information content (AvgIpc) is 3.12. The van der Waals surface area contributed by atoms with Crippen molar-refractivity contribution in [1.82, 2.24) is 4.90 Å². The van der Waals surface area contributed by atoms with E-state index in [2.05, 4.69) is 20.8 Å². The van der Waals surface area contributed by atoms with Crippen molar-refractivity contribution < 1.29 is 30.0 Å². The summed E-state index contributed by atoms with van der Waals surface area (Å²) in [6, 6.07) is 0. The number of aliphatic hydroxyl groups is 3. The molecule has 4 rings (SSSR count). The van der Waals surface area contributed by atoms with Crippen LogP contribution in [0.5, 0.6) is 0 Å². The fraction of sp³-hybridized carbons (Fsp3) is 0.926. The molecule has 0 heterocycles. The fourth-order valence-electron chi connectivity index (χ4n) is 9.17. The quantitative estimate of drug-likeness (QED) is 0.465. The molecule has 7 heteroatoms. The van der Waals surface area contributed by atoms with Crippen molar-refractivity contribution in [3.63, 3.8) is 0 Å². The van der Waals surface area contributed by atoms with Crippen molar-refractivity contribution in [2.45, 2.75) is 96.9 Å². The van der Waals surface area contributed by atoms with Gasteiger partial charge in [0.1, 0.15) is 6.54 Å². The van der Waals surface area contributed by atoms with E-state index < -0.39 is 12.1 Å². The van der Waals surface area contributed by atoms with E-state index in [1.54, 1.807) is 0 Å². The maximum Gasteiger partial charge on any atom is 0.323 e. The molecule has 7 nitrogen and oxygen atoms in total. The second-order valence-electron chi connectivity index (χ2n) is 12.7. The minimum absolute atomic E-state index is 0.0658. The highest BCUT2D eigenvalue weighted by molar-refractivity contribution is 5.80. The second kappa shape index (κ2) is 9.36. The van der Waals surface area contributed by atoms with Gasteiger partial charge in [-0.3, -0.25) is 9.59 Å². The number of aliphatic hydroxyl groups excluding tert-OH is 3. The molecule has 0 aromatic carbocycles. The van der Waals surface area contributed by atoms with E-state index in [1.807, 2.05) is 0 Å². The minimum atomic E-state index is -1.01. The lowest BCUT2D eigenvalue weighted by Gasteiger charge is -2.63. The van der Waals surface area contributed by atoms with Gasteiger partial charge < -0.3 is 25.3 Å². The molecule has 0 aliphatic heterocycles. The SMILES string of the molecule is C[C@H](CCC(=O)N(C)CC(=O)O)[C@H]1CC[C@H]2[C@@H]3[C@H](O)C[C@@H]4C[C@H](O)CCC4(C)[C@H]3C[C@H](O)[C@]12C. The van der Waals surface area contributed by atoms with Crippen LogP contribution in [0, 0.1) is 46.3 Å². The molecular weight excluding hydrogens is 434 g/mol. The molecule has 4 fully saturated rings. The van der Waals surface area contributed by atoms with Crippen LogP contribution >= 0.6 is 0 Å². The smallest absolute Gasteiger partial charge is 0.323 e. The van der Waals surface area contributed by atoms with Crippen LogP contribution in [0.3, 0.4) is 0 Å². The van der Waals surface area contributed by atoms with Crippen LogP contribution in [0.15, 0.2) is 0 Å². The summed E-state index contributed by atoms with van der Waals surface area (Å²) in [6.07, 6.45) is 5.90. The van der Waals surface area contributed by atoms with Crippen LogP contribution in [0.4, 0.5) is 0 Å². The van der Waals surface area contributed by atoms with Crippen LogP contribution < -0.4 is 0 Å². The Labute approximate surface area is 203 Å². The van der Waals surface area contributed by atoms with Gasteiger partial charge in [-0.25, -0.2) is 0 Å². The van der Waals surface area contributed by atoms with Gasteiger partial charge in [0.2, 0.25) is 5.91 Å². The summed E-state index contributed by atoms with van der Waals surface area (Å²) in [5.41, 5.74) is -0.217. The molecule has 0 aromatic heterocycles. The molecule has 0 radical (unpaired) electrons. The molecule has 4 saturated carbocycles. The Morgan fingerprint density at radius 1 is 1.03 bits per heavy atom. The molecule has 4 aliphatic rings. The third-order valence-electron chi connectivity index (χ3n) is 11.1. The van der Waals surface area contributed by atoms with Gasteiger partial charge in [0.25, 0.3) is 0 Å². The van der Waals surface area contributed by atoms with E-state index >= 15 is 0 Å². The number of aliphatic carboxylic acids is 1. The zero-order valence-electron chi connectivity index (χ0n) is 21.3. The minimum Gasteiger partial charge on any atom is -0.480 e. The number of likely N-dealkylation sites (N-methyl/N-ethyl adjacent to an activating group) is 1. The number of carboxylic acids is 1. The molecule has 0 aromatic rings. The molecule has 4 aliphatic carbocycles. The van der Waals surface area contributed by atoms with Crippen LogP contribution in [0.2, 0.25) is 0 Å². The maximum atomic E-state index is 12.4. The van der Waals surface area contributed by atoms with Gasteiger partial charge >= 0.3 is 5.97 Å². The largest absolute Gasteiger partial charge is 0.480 e. The third kappa shape index (κ3) is 4.20. The zero-order valence-corrected chi connectivity index (χ0v) is 21.3. The van der Waals surface area contributed by atoms with Crippen LogP contribution in [-0.4, -0.2) is 69.1 Å². The highest BCUT2D eigenvalue weighted by Gasteiger charge is 2.65. The molecule has 0 spiro atoms. The van der Waals surface area contributed by atoms with Gasteiger partial charge in [0.15, 0.2) is 0 Å². The Balaban J connectivity index is 1.49. The first kappa shape index (κ1) is 25.9. The Kier molecular flexibility index (Phi) is 7.13. The molecular formula is C27H45NO6. The van der Waals surface area contributed by atoms with Crippen molar-refractivity contribution in [3.8, 4) is 0 Å². The summed E-state index contributed by atoms with van der Waals surface area (Å²) in [5.74, 6) is 0.387. The Morgan fingerprint density at radius 3 is 2.41 bits per heavy atom. The maximum absolute atomic E-state index is 12.4. The normalized spacial score (nSPS) is 46.7. The van der Waals surface area contributed by atoms with Crippen molar-refractivity contribution in [2.75, 3.05) is 13.6 Å². The van der Waals surface area contributed by atoms with E-state index in [0.717, 1.165) is 38.5 Å². The third-order valence-corrected chi connectivity index (χ3v) is 11.1. The lowest BCUT2D eigenvalue weighted by atomic mass is 9.43. The van der Waals surface area contributed by atoms with Crippen molar-refractivity contribution in [1.29, 1.82) is 0 Å². The number of carbonyl (C=O) groups is 2. The molecule has 0 bridgehead atoms. The van der Waals surface area contributed by atoms with Crippen molar-refractivity contribution >= 4 is 11.9 Å². The molecule has 4 N–H and O–H groups in total. The first-order valence-electron chi connectivity index (χ1n) is 13.4. The number of fused-ring (bicyclic) bond motifs is 5. The van der Waals surface area contributed by atoms with E-state index in [-0.39, 0.29) is 65.1 Å². The predicted octanol–water partition coefficient (Wildman–Crippen LogP) is 2.91. The number of nitrogens with zero attached hydrogens (tertiary/aromatic N) is 1. The monoisotopic (exact) mass is 479 g/mol. The van der Waals surface area contributed by atoms with E-state index in [0.29, 0.717) is 25.2 Å². The fourth-order valence-corrected chi connectivity index (χ4v) is 9.17. The Morgan fingerprint density at radius 2 is 1.74 bits per heavy atom. The summed E-state index contributed by atoms with van der Waals surface area (Å²) in [7, 11) is 1.53. The summed E-state index contributed by atoms with van der Waals surface area (Å²) >= 11 is 0. The Bertz CT molecular complexity index is 789. The lowest BCUT2D eigenvalue weighted by Crippen LogP contribution is -2.62. The number of carbonyl (C=O) groups excluding carboxylic acids is 1. The van der Waals surface area contributed by atoms with Gasteiger partial charge in [-0.15, -0.1) is 0 Å². The summed E-state index contributed by atoms with van der Waals surface area (Å²) < 4.78 is 0. The van der Waals surface area contributed by atoms with Crippen LogP contribution in [-0.2, 0) is 9.59 Å². The van der Waals surface area contributed by atoms with Crippen LogP contribution in [0.25, 0.3) is 0 Å². The summed E-state index contributed by atoms with van der Waals surface area (Å²) in [4.78, 5) is 24.6. The van der Waals surface area contributed by atoms with Crippen molar-refractivity contribution in [2.24, 2.45) is 46.3 Å². The van der Waals surface area contributed by atoms with Gasteiger partial charge in [0.05, 0.1) is 18.3 Å². The van der Waals surface area contributed by atoms with E-state index in [1.165, 1.54) is 11.9 Å². The van der Waals surface area contributed by atoms with E-state index in [9.17, 15) is 24.9 Å². The highest BCUT2D eigenvalue weighted by Crippen LogP contribution is 2.68. The average molecular weight is 480 g/mol. The molecule has 0 saturated heterocycles.